The molecular formula is C29H32F2N6O2. The number of benzene rings is 3. The summed E-state index contributed by atoms with van der Waals surface area (Å²) in [5, 5.41) is 29.3. The number of nitrogens with one attached hydrogen (secondary N) is 2. The minimum atomic E-state index is -1.04. The molecule has 0 saturated carbocycles. The topological polar surface area (TPSA) is 105 Å². The third-order valence-electron chi connectivity index (χ3n) is 6.39. The minimum Gasteiger partial charge on any atom is -0.390 e. The molecule has 0 saturated heterocycles. The van der Waals surface area contributed by atoms with Gasteiger partial charge in [-0.25, -0.2) is 8.78 Å². The monoisotopic (exact) mass is 534 g/mol. The Morgan fingerprint density at radius 1 is 1.00 bits per heavy atom. The molecule has 2 atom stereocenters. The van der Waals surface area contributed by atoms with Gasteiger partial charge in [0.2, 0.25) is 11.7 Å². The molecule has 1 aromatic heterocycles. The highest BCUT2D eigenvalue weighted by Crippen LogP contribution is 2.18. The second-order valence-corrected chi connectivity index (χ2v) is 9.49. The van der Waals surface area contributed by atoms with Crippen molar-refractivity contribution in [3.63, 3.8) is 0 Å². The quantitative estimate of drug-likeness (QED) is 0.258. The van der Waals surface area contributed by atoms with Gasteiger partial charge in [0, 0.05) is 24.7 Å². The van der Waals surface area contributed by atoms with Gasteiger partial charge >= 0.3 is 0 Å². The lowest BCUT2D eigenvalue weighted by Gasteiger charge is -2.25. The summed E-state index contributed by atoms with van der Waals surface area (Å²) in [6, 6.07) is 18.0. The van der Waals surface area contributed by atoms with Crippen molar-refractivity contribution in [3.05, 3.63) is 101 Å². The Bertz CT molecular complexity index is 1390. The molecule has 0 aliphatic heterocycles. The van der Waals surface area contributed by atoms with Crippen molar-refractivity contribution in [2.24, 2.45) is 0 Å². The van der Waals surface area contributed by atoms with Crippen molar-refractivity contribution in [2.75, 3.05) is 6.54 Å². The molecule has 3 N–H and O–H groups in total. The number of rotatable bonds is 12. The fourth-order valence-corrected chi connectivity index (χ4v) is 4.35. The molecule has 204 valence electrons. The van der Waals surface area contributed by atoms with Crippen LogP contribution in [0.4, 0.5) is 8.78 Å². The fraction of sp³-hybridized carbons (Fsp3) is 0.310. The molecule has 10 heteroatoms. The number of amides is 1. The average Bonchev–Trinajstić information content (AvgIpc) is 3.36. The van der Waals surface area contributed by atoms with Gasteiger partial charge in [0.15, 0.2) is 0 Å². The molecule has 0 aliphatic carbocycles. The van der Waals surface area contributed by atoms with Crippen LogP contribution >= 0.6 is 0 Å². The number of aryl methyl sites for hydroxylation is 2. The zero-order valence-electron chi connectivity index (χ0n) is 21.9. The van der Waals surface area contributed by atoms with E-state index < -0.39 is 29.7 Å². The first kappa shape index (κ1) is 28.0. The predicted molar refractivity (Wildman–Crippen MR) is 144 cm³/mol. The van der Waals surface area contributed by atoms with E-state index in [1.165, 1.54) is 22.5 Å². The lowest BCUT2D eigenvalue weighted by molar-refractivity contribution is -0.123. The molecule has 0 spiro atoms. The number of carbonyl (C=O) groups excluding carboxylic acids is 1. The second kappa shape index (κ2) is 13.2. The molecule has 0 radical (unpaired) electrons. The van der Waals surface area contributed by atoms with Gasteiger partial charge in [-0.1, -0.05) is 55.5 Å². The Balaban J connectivity index is 1.42. The Labute approximate surface area is 226 Å². The van der Waals surface area contributed by atoms with Crippen molar-refractivity contribution in [3.8, 4) is 11.4 Å². The van der Waals surface area contributed by atoms with Crippen LogP contribution in [0.15, 0.2) is 66.7 Å². The fourth-order valence-electron chi connectivity index (χ4n) is 4.35. The maximum Gasteiger partial charge on any atom is 0.243 e. The van der Waals surface area contributed by atoms with Gasteiger partial charge in [-0.05, 0) is 59.4 Å². The largest absolute Gasteiger partial charge is 0.390 e. The standard InChI is InChI=1S/C29H32F2N6O2/c1-3-20-8-6-9-21(11-20)16-32-17-27(38)26(14-22-12-23(30)15-24(31)13-22)33-28(39)18-37-35-29(34-36-37)25-10-5-4-7-19(25)2/h4-13,15,26-27,32,38H,3,14,16-18H2,1-2H3,(H,33,39)/t26-,27+/m1/s1. The van der Waals surface area contributed by atoms with Crippen molar-refractivity contribution in [2.45, 2.75) is 51.9 Å². The molecule has 0 bridgehead atoms. The molecule has 0 aliphatic rings. The molecule has 39 heavy (non-hydrogen) atoms. The Hall–Kier alpha value is -4.02. The number of aliphatic hydroxyl groups is 1. The van der Waals surface area contributed by atoms with Gasteiger partial charge in [0.05, 0.1) is 12.1 Å². The van der Waals surface area contributed by atoms with E-state index in [9.17, 15) is 18.7 Å². The summed E-state index contributed by atoms with van der Waals surface area (Å²) < 4.78 is 27.6. The Morgan fingerprint density at radius 2 is 1.74 bits per heavy atom. The van der Waals surface area contributed by atoms with E-state index >= 15 is 0 Å². The number of hydrogen-bond donors (Lipinski definition) is 3. The highest BCUT2D eigenvalue weighted by molar-refractivity contribution is 5.76. The van der Waals surface area contributed by atoms with E-state index in [1.54, 1.807) is 0 Å². The van der Waals surface area contributed by atoms with Crippen molar-refractivity contribution < 1.29 is 18.7 Å². The van der Waals surface area contributed by atoms with Gasteiger partial charge in [0.25, 0.3) is 0 Å². The summed E-state index contributed by atoms with van der Waals surface area (Å²) in [7, 11) is 0. The number of aliphatic hydroxyl groups excluding tert-OH is 1. The third kappa shape index (κ3) is 7.98. The maximum atomic E-state index is 13.8. The van der Waals surface area contributed by atoms with Crippen LogP contribution in [0.1, 0.15) is 29.2 Å². The van der Waals surface area contributed by atoms with Crippen LogP contribution in [0.5, 0.6) is 0 Å². The number of nitrogens with zero attached hydrogens (tertiary/aromatic N) is 4. The lowest BCUT2D eigenvalue weighted by atomic mass is 10.0. The summed E-state index contributed by atoms with van der Waals surface area (Å²) >= 11 is 0. The SMILES string of the molecule is CCc1cccc(CNC[C@H](O)[C@@H](Cc2cc(F)cc(F)c2)NC(=O)Cn2nnc(-c3ccccc3C)n2)c1. The molecule has 3 aromatic carbocycles. The molecule has 1 heterocycles. The highest BCUT2D eigenvalue weighted by atomic mass is 19.1. The summed E-state index contributed by atoms with van der Waals surface area (Å²) in [4.78, 5) is 14.1. The second-order valence-electron chi connectivity index (χ2n) is 9.49. The third-order valence-corrected chi connectivity index (χ3v) is 6.39. The van der Waals surface area contributed by atoms with E-state index in [4.69, 9.17) is 0 Å². The van der Waals surface area contributed by atoms with E-state index in [1.807, 2.05) is 43.3 Å². The van der Waals surface area contributed by atoms with Gasteiger partial charge in [-0.2, -0.15) is 4.80 Å². The highest BCUT2D eigenvalue weighted by Gasteiger charge is 2.23. The van der Waals surface area contributed by atoms with Gasteiger partial charge in [0.1, 0.15) is 18.2 Å². The smallest absolute Gasteiger partial charge is 0.243 e. The van der Waals surface area contributed by atoms with Crippen LogP contribution in [-0.2, 0) is 30.7 Å². The van der Waals surface area contributed by atoms with Crippen LogP contribution in [0.2, 0.25) is 0 Å². The molecule has 0 unspecified atom stereocenters. The van der Waals surface area contributed by atoms with Crippen LogP contribution in [0.3, 0.4) is 0 Å². The first-order valence-corrected chi connectivity index (χ1v) is 12.9. The van der Waals surface area contributed by atoms with E-state index in [2.05, 4.69) is 45.1 Å². The minimum absolute atomic E-state index is 0.0217. The van der Waals surface area contributed by atoms with Crippen molar-refractivity contribution in [1.29, 1.82) is 0 Å². The van der Waals surface area contributed by atoms with Crippen LogP contribution in [0, 0.1) is 18.6 Å². The van der Waals surface area contributed by atoms with Gasteiger partial charge in [-0.3, -0.25) is 4.79 Å². The van der Waals surface area contributed by atoms with E-state index in [0.29, 0.717) is 17.9 Å². The molecule has 8 nitrogen and oxygen atoms in total. The van der Waals surface area contributed by atoms with Gasteiger partial charge in [-0.15, -0.1) is 10.2 Å². The lowest BCUT2D eigenvalue weighted by Crippen LogP contribution is -2.49. The molecule has 1 amide bonds. The van der Waals surface area contributed by atoms with Gasteiger partial charge < -0.3 is 15.7 Å². The predicted octanol–water partition coefficient (Wildman–Crippen LogP) is 3.37. The average molecular weight is 535 g/mol. The number of tetrazole rings is 1. The summed E-state index contributed by atoms with van der Waals surface area (Å²) in [5.74, 6) is -1.53. The Morgan fingerprint density at radius 3 is 2.49 bits per heavy atom. The number of carbonyl (C=O) groups is 1. The normalized spacial score (nSPS) is 12.7. The molecule has 0 fully saturated rings. The zero-order chi connectivity index (χ0) is 27.8. The maximum absolute atomic E-state index is 13.8. The molecule has 4 rings (SSSR count). The van der Waals surface area contributed by atoms with E-state index in [0.717, 1.165) is 29.2 Å². The summed E-state index contributed by atoms with van der Waals surface area (Å²) in [5.41, 5.74) is 4.37. The first-order chi connectivity index (χ1) is 18.8. The summed E-state index contributed by atoms with van der Waals surface area (Å²) in [6.07, 6.45) is -0.101. The molecule has 4 aromatic rings. The van der Waals surface area contributed by atoms with Crippen molar-refractivity contribution >= 4 is 5.91 Å². The Kier molecular flexibility index (Phi) is 9.45. The van der Waals surface area contributed by atoms with Crippen molar-refractivity contribution in [1.82, 2.24) is 30.8 Å². The zero-order valence-corrected chi connectivity index (χ0v) is 21.9. The van der Waals surface area contributed by atoms with Crippen LogP contribution < -0.4 is 10.6 Å². The number of aromatic nitrogens is 4. The van der Waals surface area contributed by atoms with Crippen LogP contribution in [-0.4, -0.2) is 49.9 Å². The molecular weight excluding hydrogens is 502 g/mol. The number of hydrogen-bond acceptors (Lipinski definition) is 6. The van der Waals surface area contributed by atoms with Crippen LogP contribution in [0.25, 0.3) is 11.4 Å². The summed E-state index contributed by atoms with van der Waals surface area (Å²) in [6.45, 7) is 4.44. The van der Waals surface area contributed by atoms with E-state index in [-0.39, 0.29) is 19.5 Å². The first-order valence-electron chi connectivity index (χ1n) is 12.9. The number of halogens is 2.